The Morgan fingerprint density at radius 1 is 1.15 bits per heavy atom. The zero-order valence-electron chi connectivity index (χ0n) is 14.6. The first-order valence-corrected chi connectivity index (χ1v) is 8.23. The van der Waals surface area contributed by atoms with Crippen LogP contribution in [0.4, 0.5) is 14.5 Å². The molecule has 2 aliphatic rings. The standard InChI is InChI=1S/C21H16F2N2O/c1-11-10-21(2,3)25-16-5-4-13-14-8-12(22)9-15(23)20(14)26-17(6-7-24)19(13)18(11)16/h4-6,8-10,25H,1-3H3/b17-6+. The molecule has 26 heavy (non-hydrogen) atoms. The van der Waals surface area contributed by atoms with Crippen LogP contribution in [0.15, 0.2) is 36.4 Å². The largest absolute Gasteiger partial charge is 0.452 e. The van der Waals surface area contributed by atoms with Crippen LogP contribution in [-0.4, -0.2) is 5.54 Å². The van der Waals surface area contributed by atoms with Crippen LogP contribution in [0.5, 0.6) is 5.75 Å². The first-order chi connectivity index (χ1) is 12.3. The number of rotatable bonds is 0. The third kappa shape index (κ3) is 2.38. The lowest BCUT2D eigenvalue weighted by molar-refractivity contribution is 0.458. The number of ether oxygens (including phenoxy) is 1. The summed E-state index contributed by atoms with van der Waals surface area (Å²) in [7, 11) is 0. The Hall–Kier alpha value is -3.13. The lowest BCUT2D eigenvalue weighted by atomic mass is 9.83. The van der Waals surface area contributed by atoms with Crippen molar-refractivity contribution in [1.29, 1.82) is 5.26 Å². The van der Waals surface area contributed by atoms with E-state index in [-0.39, 0.29) is 17.0 Å². The molecule has 3 nitrogen and oxygen atoms in total. The molecule has 1 N–H and O–H groups in total. The molecular weight excluding hydrogens is 334 g/mol. The highest BCUT2D eigenvalue weighted by atomic mass is 19.1. The fraction of sp³-hybridized carbons (Fsp3) is 0.190. The third-order valence-electron chi connectivity index (χ3n) is 4.59. The van der Waals surface area contributed by atoms with Gasteiger partial charge in [0.15, 0.2) is 11.6 Å². The highest BCUT2D eigenvalue weighted by Crippen LogP contribution is 2.49. The van der Waals surface area contributed by atoms with Crippen molar-refractivity contribution in [3.63, 3.8) is 0 Å². The lowest BCUT2D eigenvalue weighted by Crippen LogP contribution is -2.32. The van der Waals surface area contributed by atoms with Crippen LogP contribution in [-0.2, 0) is 0 Å². The Labute approximate surface area is 150 Å². The van der Waals surface area contributed by atoms with E-state index < -0.39 is 11.6 Å². The highest BCUT2D eigenvalue weighted by molar-refractivity contribution is 5.97. The van der Waals surface area contributed by atoms with Crippen molar-refractivity contribution >= 4 is 17.0 Å². The fourth-order valence-corrected chi connectivity index (χ4v) is 3.78. The average molecular weight is 350 g/mol. The minimum Gasteiger partial charge on any atom is -0.452 e. The van der Waals surface area contributed by atoms with Crippen LogP contribution >= 0.6 is 0 Å². The second-order valence-corrected chi connectivity index (χ2v) is 7.09. The molecule has 4 rings (SSSR count). The minimum atomic E-state index is -0.793. The van der Waals surface area contributed by atoms with E-state index in [2.05, 4.69) is 25.2 Å². The third-order valence-corrected chi connectivity index (χ3v) is 4.59. The van der Waals surface area contributed by atoms with E-state index >= 15 is 0 Å². The molecule has 2 aromatic rings. The van der Waals surface area contributed by atoms with E-state index in [0.29, 0.717) is 16.7 Å². The molecule has 0 saturated heterocycles. The van der Waals surface area contributed by atoms with Crippen LogP contribution < -0.4 is 10.1 Å². The van der Waals surface area contributed by atoms with Crippen molar-refractivity contribution in [2.45, 2.75) is 26.3 Å². The van der Waals surface area contributed by atoms with Gasteiger partial charge in [0, 0.05) is 28.4 Å². The van der Waals surface area contributed by atoms with Gasteiger partial charge in [0.2, 0.25) is 0 Å². The predicted molar refractivity (Wildman–Crippen MR) is 97.4 cm³/mol. The molecule has 0 amide bonds. The summed E-state index contributed by atoms with van der Waals surface area (Å²) in [6.07, 6.45) is 3.33. The van der Waals surface area contributed by atoms with Crippen LogP contribution in [0, 0.1) is 23.0 Å². The van der Waals surface area contributed by atoms with Gasteiger partial charge in [-0.15, -0.1) is 0 Å². The summed E-state index contributed by atoms with van der Waals surface area (Å²) >= 11 is 0. The summed E-state index contributed by atoms with van der Waals surface area (Å²) in [5.74, 6) is -1.27. The number of allylic oxidation sites excluding steroid dienone is 2. The number of hydrogen-bond donors (Lipinski definition) is 1. The van der Waals surface area contributed by atoms with Gasteiger partial charge in [-0.05, 0) is 44.0 Å². The Bertz CT molecular complexity index is 1060. The molecule has 5 heteroatoms. The number of fused-ring (bicyclic) bond motifs is 5. The van der Waals surface area contributed by atoms with Crippen molar-refractivity contribution in [1.82, 2.24) is 0 Å². The van der Waals surface area contributed by atoms with E-state index in [4.69, 9.17) is 10.00 Å². The van der Waals surface area contributed by atoms with Crippen molar-refractivity contribution in [2.75, 3.05) is 5.32 Å². The topological polar surface area (TPSA) is 45.0 Å². The van der Waals surface area contributed by atoms with E-state index in [1.807, 2.05) is 19.1 Å². The van der Waals surface area contributed by atoms with Gasteiger partial charge in [0.25, 0.3) is 0 Å². The van der Waals surface area contributed by atoms with Crippen LogP contribution in [0.3, 0.4) is 0 Å². The molecule has 0 fully saturated rings. The number of nitriles is 1. The summed E-state index contributed by atoms with van der Waals surface area (Å²) in [5.41, 5.74) is 4.19. The number of hydrogen-bond acceptors (Lipinski definition) is 3. The SMILES string of the molecule is CC1=CC(C)(C)Nc2ccc3c(c21)/C(=C\C#N)Oc1c(F)cc(F)cc1-3. The number of anilines is 1. The molecule has 0 aromatic heterocycles. The maximum Gasteiger partial charge on any atom is 0.171 e. The second-order valence-electron chi connectivity index (χ2n) is 7.09. The van der Waals surface area contributed by atoms with Crippen LogP contribution in [0.1, 0.15) is 31.9 Å². The Balaban J connectivity index is 2.09. The van der Waals surface area contributed by atoms with Crippen molar-refractivity contribution in [2.24, 2.45) is 0 Å². The van der Waals surface area contributed by atoms with E-state index in [0.717, 1.165) is 22.9 Å². The summed E-state index contributed by atoms with van der Waals surface area (Å²) < 4.78 is 33.8. The van der Waals surface area contributed by atoms with E-state index in [9.17, 15) is 8.78 Å². The smallest absolute Gasteiger partial charge is 0.171 e. The minimum absolute atomic E-state index is 0.0638. The quantitative estimate of drug-likeness (QED) is 0.639. The van der Waals surface area contributed by atoms with E-state index in [1.165, 1.54) is 12.1 Å². The van der Waals surface area contributed by atoms with Crippen molar-refractivity contribution < 1.29 is 13.5 Å². The monoisotopic (exact) mass is 350 g/mol. The molecule has 0 radical (unpaired) electrons. The van der Waals surface area contributed by atoms with Gasteiger partial charge in [0.05, 0.1) is 17.7 Å². The molecule has 2 aromatic carbocycles. The van der Waals surface area contributed by atoms with Gasteiger partial charge in [-0.2, -0.15) is 5.26 Å². The zero-order chi connectivity index (χ0) is 18.6. The molecule has 0 atom stereocenters. The summed E-state index contributed by atoms with van der Waals surface area (Å²) in [5, 5.41) is 12.6. The second kappa shape index (κ2) is 5.43. The van der Waals surface area contributed by atoms with Gasteiger partial charge in [0.1, 0.15) is 11.6 Å². The van der Waals surface area contributed by atoms with Gasteiger partial charge in [-0.1, -0.05) is 12.1 Å². The van der Waals surface area contributed by atoms with Gasteiger partial charge in [-0.3, -0.25) is 0 Å². The number of nitrogens with one attached hydrogen (secondary N) is 1. The normalized spacial score (nSPS) is 17.8. The van der Waals surface area contributed by atoms with Gasteiger partial charge < -0.3 is 10.1 Å². The Morgan fingerprint density at radius 3 is 2.65 bits per heavy atom. The zero-order valence-corrected chi connectivity index (χ0v) is 14.6. The molecule has 0 saturated carbocycles. The van der Waals surface area contributed by atoms with Crippen LogP contribution in [0.2, 0.25) is 0 Å². The number of halogens is 2. The lowest BCUT2D eigenvalue weighted by Gasteiger charge is -2.35. The molecule has 0 unspecified atom stereocenters. The molecular formula is C21H16F2N2O. The maximum atomic E-state index is 14.3. The summed E-state index contributed by atoms with van der Waals surface area (Å²) in [6.45, 7) is 6.09. The summed E-state index contributed by atoms with van der Waals surface area (Å²) in [6, 6.07) is 7.69. The van der Waals surface area contributed by atoms with Crippen molar-refractivity contribution in [3.05, 3.63) is 59.2 Å². The molecule has 0 bridgehead atoms. The first-order valence-electron chi connectivity index (χ1n) is 8.23. The maximum absolute atomic E-state index is 14.3. The fourth-order valence-electron chi connectivity index (χ4n) is 3.78. The Morgan fingerprint density at radius 2 is 1.92 bits per heavy atom. The highest BCUT2D eigenvalue weighted by Gasteiger charge is 2.32. The van der Waals surface area contributed by atoms with Crippen molar-refractivity contribution in [3.8, 4) is 22.9 Å². The molecule has 2 heterocycles. The first kappa shape index (κ1) is 16.3. The number of nitrogens with zero attached hydrogens (tertiary/aromatic N) is 1. The Kier molecular flexibility index (Phi) is 3.42. The number of benzene rings is 2. The van der Waals surface area contributed by atoms with E-state index in [1.54, 1.807) is 6.07 Å². The van der Waals surface area contributed by atoms with Gasteiger partial charge >= 0.3 is 0 Å². The van der Waals surface area contributed by atoms with Crippen LogP contribution in [0.25, 0.3) is 22.5 Å². The average Bonchev–Trinajstić information content (AvgIpc) is 2.54. The molecule has 2 aliphatic heterocycles. The molecule has 0 spiro atoms. The predicted octanol–water partition coefficient (Wildman–Crippen LogP) is 5.50. The summed E-state index contributed by atoms with van der Waals surface area (Å²) in [4.78, 5) is 0. The van der Waals surface area contributed by atoms with Gasteiger partial charge in [-0.25, -0.2) is 8.78 Å². The molecule has 130 valence electrons. The molecule has 0 aliphatic carbocycles.